The van der Waals surface area contributed by atoms with Gasteiger partial charge in [-0.15, -0.1) is 0 Å². The Labute approximate surface area is 180 Å². The summed E-state index contributed by atoms with van der Waals surface area (Å²) >= 11 is -1.59. The number of hydrogen-bond acceptors (Lipinski definition) is 6. The SMILES string of the molecule is CC(C)(C)OC(=O)N[C@H](C[Te][Te]C[C@@H](NC(=O)OC(C)(C)C)C(=O)O)C(=O)O. The van der Waals surface area contributed by atoms with E-state index in [2.05, 4.69) is 10.6 Å². The maximum atomic E-state index is 11.7. The van der Waals surface area contributed by atoms with E-state index in [1.165, 1.54) is 0 Å². The standard InChI is InChI=1S/C16H28N2O8Te2/c1-15(2,3)25-13(23)17-9(11(19)20)7-27-28-8-10(12(21)22)18-14(24)26-16(4,5)6/h9-10H,7-8H2,1-6H3,(H,17,23)(H,18,24)(H,19,20)(H,21,22)/t9-,10-/m1/s1. The Kier molecular flexibility index (Phi) is 11.5. The fourth-order valence-corrected chi connectivity index (χ4v) is 13.0. The van der Waals surface area contributed by atoms with E-state index in [0.29, 0.717) is 0 Å². The first-order valence-corrected chi connectivity index (χ1v) is 18.9. The molecule has 0 unspecified atom stereocenters. The van der Waals surface area contributed by atoms with Crippen molar-refractivity contribution in [1.29, 1.82) is 0 Å². The number of aliphatic carboxylic acids is 2. The molecule has 12 heteroatoms. The van der Waals surface area contributed by atoms with Gasteiger partial charge in [0.15, 0.2) is 0 Å². The summed E-state index contributed by atoms with van der Waals surface area (Å²) < 4.78 is 10.7. The molecule has 2 atom stereocenters. The van der Waals surface area contributed by atoms with Gasteiger partial charge in [-0.25, -0.2) is 0 Å². The number of carboxylic acid groups (broad SMARTS) is 2. The molecule has 10 nitrogen and oxygen atoms in total. The van der Waals surface area contributed by atoms with Crippen LogP contribution in [0.3, 0.4) is 0 Å². The van der Waals surface area contributed by atoms with Gasteiger partial charge in [0.1, 0.15) is 0 Å². The zero-order chi connectivity index (χ0) is 22.1. The first-order chi connectivity index (χ1) is 12.6. The minimum absolute atomic E-state index is 0.278. The molecule has 0 aromatic rings. The molecule has 4 N–H and O–H groups in total. The third-order valence-electron chi connectivity index (χ3n) is 2.53. The van der Waals surface area contributed by atoms with E-state index in [1.54, 1.807) is 41.5 Å². The average Bonchev–Trinajstić information content (AvgIpc) is 2.44. The van der Waals surface area contributed by atoms with Crippen LogP contribution in [0.5, 0.6) is 0 Å². The van der Waals surface area contributed by atoms with E-state index in [0.717, 1.165) is 0 Å². The maximum absolute atomic E-state index is 11.7. The molecule has 0 radical (unpaired) electrons. The summed E-state index contributed by atoms with van der Waals surface area (Å²) in [6.45, 7) is 10.0. The molecule has 28 heavy (non-hydrogen) atoms. The van der Waals surface area contributed by atoms with E-state index in [4.69, 9.17) is 9.47 Å². The number of amides is 2. The van der Waals surface area contributed by atoms with Crippen LogP contribution in [0.1, 0.15) is 41.5 Å². The van der Waals surface area contributed by atoms with Crippen LogP contribution in [-0.4, -0.2) is 91.7 Å². The Morgan fingerprint density at radius 3 is 1.25 bits per heavy atom. The molecule has 162 valence electrons. The number of carbonyl (C=O) groups is 4. The monoisotopic (exact) mass is 636 g/mol. The molecular weight excluding hydrogens is 603 g/mol. The second-order valence-electron chi connectivity index (χ2n) is 7.64. The van der Waals surface area contributed by atoms with Gasteiger partial charge in [-0.2, -0.15) is 0 Å². The number of rotatable bonds is 9. The average molecular weight is 632 g/mol. The Morgan fingerprint density at radius 2 is 1.04 bits per heavy atom. The molecule has 0 spiro atoms. The van der Waals surface area contributed by atoms with Crippen molar-refractivity contribution in [3.8, 4) is 0 Å². The quantitative estimate of drug-likeness (QED) is 0.218. The van der Waals surface area contributed by atoms with Crippen molar-refractivity contribution in [2.45, 2.75) is 73.8 Å². The van der Waals surface area contributed by atoms with Gasteiger partial charge in [-0.1, -0.05) is 0 Å². The number of alkyl carbamates (subject to hydrolysis) is 2. The Bertz CT molecular complexity index is 522. The third-order valence-corrected chi connectivity index (χ3v) is 14.1. The van der Waals surface area contributed by atoms with Crippen molar-refractivity contribution in [2.24, 2.45) is 0 Å². The molecule has 0 aliphatic rings. The van der Waals surface area contributed by atoms with E-state index < -0.39 is 81.5 Å². The molecule has 0 aromatic heterocycles. The van der Waals surface area contributed by atoms with Gasteiger partial charge in [0, 0.05) is 0 Å². The van der Waals surface area contributed by atoms with Gasteiger partial charge in [0.2, 0.25) is 0 Å². The van der Waals surface area contributed by atoms with Crippen LogP contribution in [0.15, 0.2) is 0 Å². The molecule has 0 aliphatic carbocycles. The Hall–Kier alpha value is -0.941. The van der Waals surface area contributed by atoms with E-state index >= 15 is 0 Å². The summed E-state index contributed by atoms with van der Waals surface area (Å²) in [7, 11) is 0. The fourth-order valence-electron chi connectivity index (χ4n) is 1.48. The van der Waals surface area contributed by atoms with Gasteiger partial charge in [-0.3, -0.25) is 0 Å². The Morgan fingerprint density at radius 1 is 0.750 bits per heavy atom. The fraction of sp³-hybridized carbons (Fsp3) is 0.750. The van der Waals surface area contributed by atoms with Crippen LogP contribution in [-0.2, 0) is 19.1 Å². The molecular formula is C16H28N2O8Te2. The molecule has 0 fully saturated rings. The van der Waals surface area contributed by atoms with Crippen molar-refractivity contribution in [3.63, 3.8) is 0 Å². The summed E-state index contributed by atoms with van der Waals surface area (Å²) in [4.78, 5) is 46.1. The van der Waals surface area contributed by atoms with E-state index in [9.17, 15) is 29.4 Å². The normalized spacial score (nSPS) is 13.8. The van der Waals surface area contributed by atoms with Crippen molar-refractivity contribution in [1.82, 2.24) is 10.6 Å². The predicted octanol–water partition coefficient (Wildman–Crippen LogP) is 1.10. The second-order valence-corrected chi connectivity index (χ2v) is 19.9. The number of hydrogen-bond donors (Lipinski definition) is 4. The van der Waals surface area contributed by atoms with Gasteiger partial charge in [-0.05, 0) is 0 Å². The summed E-state index contributed by atoms with van der Waals surface area (Å²) in [6.07, 6.45) is -1.61. The van der Waals surface area contributed by atoms with Crippen LogP contribution in [0, 0.1) is 0 Å². The summed E-state index contributed by atoms with van der Waals surface area (Å²) in [5.41, 5.74) is -1.47. The van der Waals surface area contributed by atoms with Crippen LogP contribution in [0.4, 0.5) is 9.59 Å². The summed E-state index contributed by atoms with van der Waals surface area (Å²) in [6, 6.07) is -2.13. The first-order valence-electron chi connectivity index (χ1n) is 8.30. The molecule has 2 amide bonds. The van der Waals surface area contributed by atoms with E-state index in [-0.39, 0.29) is 8.94 Å². The summed E-state index contributed by atoms with van der Waals surface area (Å²) in [5, 5.41) is 23.1. The topological polar surface area (TPSA) is 151 Å². The van der Waals surface area contributed by atoms with Crippen LogP contribution in [0.25, 0.3) is 0 Å². The van der Waals surface area contributed by atoms with Gasteiger partial charge in [0.05, 0.1) is 0 Å². The van der Waals surface area contributed by atoms with Gasteiger partial charge < -0.3 is 0 Å². The molecule has 0 aromatic carbocycles. The summed E-state index contributed by atoms with van der Waals surface area (Å²) in [5.74, 6) is -2.32. The minimum atomic E-state index is -1.16. The third kappa shape index (κ3) is 14.1. The van der Waals surface area contributed by atoms with E-state index in [1.807, 2.05) is 0 Å². The number of ether oxygens (including phenoxy) is 2. The number of carboxylic acids is 2. The van der Waals surface area contributed by atoms with Gasteiger partial charge in [0.25, 0.3) is 0 Å². The number of carbonyl (C=O) groups excluding carboxylic acids is 2. The van der Waals surface area contributed by atoms with Crippen molar-refractivity contribution in [3.05, 3.63) is 0 Å². The second kappa shape index (κ2) is 11.9. The van der Waals surface area contributed by atoms with Crippen LogP contribution < -0.4 is 10.6 Å². The first kappa shape index (κ1) is 27.1. The van der Waals surface area contributed by atoms with Crippen molar-refractivity contribution in [2.75, 3.05) is 0 Å². The molecule has 0 rings (SSSR count). The zero-order valence-corrected chi connectivity index (χ0v) is 21.4. The van der Waals surface area contributed by atoms with Crippen LogP contribution >= 0.6 is 0 Å². The van der Waals surface area contributed by atoms with Gasteiger partial charge >= 0.3 is 182 Å². The Balaban J connectivity index is 4.51. The predicted molar refractivity (Wildman–Crippen MR) is 103 cm³/mol. The van der Waals surface area contributed by atoms with Crippen molar-refractivity contribution >= 4 is 58.2 Å². The molecule has 0 saturated carbocycles. The van der Waals surface area contributed by atoms with Crippen molar-refractivity contribution < 1.29 is 38.9 Å². The molecule has 0 aliphatic heterocycles. The molecule has 0 saturated heterocycles. The van der Waals surface area contributed by atoms with Crippen LogP contribution in [0.2, 0.25) is 8.94 Å². The zero-order valence-electron chi connectivity index (χ0n) is 16.7. The number of nitrogens with one attached hydrogen (secondary N) is 2. The molecule has 0 heterocycles. The molecule has 0 bridgehead atoms.